The monoisotopic (exact) mass is 512 g/mol. The van der Waals surface area contributed by atoms with Crippen molar-refractivity contribution < 1.29 is 19.5 Å². The SMILES string of the molecule is C=CC(=O)c1cccc(Nc2ccnc(Nc3ccc(OC(CC)CCC(=O)NO)cc3)n2)c1N.Cl. The van der Waals surface area contributed by atoms with Crippen LogP contribution in [0.5, 0.6) is 5.75 Å². The Labute approximate surface area is 215 Å². The van der Waals surface area contributed by atoms with Gasteiger partial charge >= 0.3 is 0 Å². The number of carbonyl (C=O) groups excluding carboxylic acids is 2. The summed E-state index contributed by atoms with van der Waals surface area (Å²) >= 11 is 0. The van der Waals surface area contributed by atoms with Gasteiger partial charge in [-0.1, -0.05) is 19.6 Å². The predicted molar refractivity (Wildman–Crippen MR) is 142 cm³/mol. The third-order valence-corrected chi connectivity index (χ3v) is 5.16. The molecule has 0 radical (unpaired) electrons. The summed E-state index contributed by atoms with van der Waals surface area (Å²) in [4.78, 5) is 31.9. The van der Waals surface area contributed by atoms with E-state index in [0.29, 0.717) is 40.9 Å². The second-order valence-corrected chi connectivity index (χ2v) is 7.60. The van der Waals surface area contributed by atoms with Crippen molar-refractivity contribution in [3.63, 3.8) is 0 Å². The number of para-hydroxylation sites is 1. The minimum Gasteiger partial charge on any atom is -0.490 e. The summed E-state index contributed by atoms with van der Waals surface area (Å²) in [6.45, 7) is 5.47. The van der Waals surface area contributed by atoms with Gasteiger partial charge in [0.2, 0.25) is 11.9 Å². The highest BCUT2D eigenvalue weighted by Crippen LogP contribution is 2.27. The minimum absolute atomic E-state index is 0. The number of carbonyl (C=O) groups is 2. The van der Waals surface area contributed by atoms with Gasteiger partial charge in [-0.3, -0.25) is 14.8 Å². The Morgan fingerprint density at radius 1 is 1.17 bits per heavy atom. The first-order chi connectivity index (χ1) is 16.9. The maximum Gasteiger partial charge on any atom is 0.243 e. The molecule has 1 amide bonds. The summed E-state index contributed by atoms with van der Waals surface area (Å²) in [5.74, 6) is 0.818. The molecule has 3 rings (SSSR count). The highest BCUT2D eigenvalue weighted by Gasteiger charge is 2.12. The van der Waals surface area contributed by atoms with Crippen molar-refractivity contribution in [3.8, 4) is 5.75 Å². The second kappa shape index (κ2) is 13.7. The van der Waals surface area contributed by atoms with Crippen LogP contribution in [0.2, 0.25) is 0 Å². The van der Waals surface area contributed by atoms with E-state index >= 15 is 0 Å². The van der Waals surface area contributed by atoms with Crippen LogP contribution >= 0.6 is 12.4 Å². The Bertz CT molecular complexity index is 1190. The lowest BCUT2D eigenvalue weighted by Crippen LogP contribution is -2.23. The zero-order valence-electron chi connectivity index (χ0n) is 19.7. The van der Waals surface area contributed by atoms with Crippen LogP contribution in [-0.2, 0) is 4.79 Å². The van der Waals surface area contributed by atoms with Crippen LogP contribution in [0.1, 0.15) is 36.5 Å². The number of amides is 1. The molecule has 3 aromatic rings. The molecular weight excluding hydrogens is 484 g/mol. The van der Waals surface area contributed by atoms with E-state index in [1.807, 2.05) is 31.2 Å². The number of nitrogen functional groups attached to an aromatic ring is 1. The topological polar surface area (TPSA) is 151 Å². The highest BCUT2D eigenvalue weighted by molar-refractivity contribution is 6.09. The largest absolute Gasteiger partial charge is 0.490 e. The van der Waals surface area contributed by atoms with Crippen molar-refractivity contribution in [3.05, 3.63) is 72.9 Å². The molecule has 6 N–H and O–H groups in total. The minimum atomic E-state index is -0.441. The fourth-order valence-electron chi connectivity index (χ4n) is 3.26. The Balaban J connectivity index is 0.00000456. The van der Waals surface area contributed by atoms with Crippen LogP contribution in [0, 0.1) is 0 Å². The Morgan fingerprint density at radius 2 is 1.92 bits per heavy atom. The molecule has 10 nitrogen and oxygen atoms in total. The standard InChI is InChI=1S/C25H28N6O4.ClH/c1-3-17(12-13-23(33)31-34)35-18-10-8-16(9-11-18)28-25-27-15-14-22(30-25)29-20-7-5-6-19(24(20)26)21(32)4-2;/h4-11,14-15,17,34H,2-3,12-13,26H2,1H3,(H,31,33)(H2,27,28,29,30);1H. The Morgan fingerprint density at radius 3 is 2.58 bits per heavy atom. The number of ether oxygens (including phenoxy) is 1. The number of hydrogen-bond donors (Lipinski definition) is 5. The van der Waals surface area contributed by atoms with E-state index in [1.165, 1.54) is 6.08 Å². The van der Waals surface area contributed by atoms with Crippen LogP contribution in [0.15, 0.2) is 67.4 Å². The van der Waals surface area contributed by atoms with Gasteiger partial charge in [-0.2, -0.15) is 4.98 Å². The van der Waals surface area contributed by atoms with Gasteiger partial charge in [0.05, 0.1) is 17.5 Å². The molecule has 0 bridgehead atoms. The van der Waals surface area contributed by atoms with E-state index in [9.17, 15) is 9.59 Å². The second-order valence-electron chi connectivity index (χ2n) is 7.60. The lowest BCUT2D eigenvalue weighted by molar-refractivity contribution is -0.129. The summed E-state index contributed by atoms with van der Waals surface area (Å²) in [6.07, 6.45) is 4.06. The van der Waals surface area contributed by atoms with Gasteiger partial charge in [0.15, 0.2) is 5.78 Å². The number of nitrogens with zero attached hydrogens (tertiary/aromatic N) is 2. The number of halogens is 1. The number of hydroxylamine groups is 1. The molecule has 1 atom stereocenters. The van der Waals surface area contributed by atoms with Crippen LogP contribution in [0.3, 0.4) is 0 Å². The Kier molecular flexibility index (Phi) is 10.7. The summed E-state index contributed by atoms with van der Waals surface area (Å²) < 4.78 is 5.92. The molecule has 190 valence electrons. The maximum absolute atomic E-state index is 12.0. The lowest BCUT2D eigenvalue weighted by atomic mass is 10.1. The smallest absolute Gasteiger partial charge is 0.243 e. The quantitative estimate of drug-likeness (QED) is 0.0758. The average Bonchev–Trinajstić information content (AvgIpc) is 2.88. The molecule has 0 aliphatic heterocycles. The molecule has 36 heavy (non-hydrogen) atoms. The van der Waals surface area contributed by atoms with E-state index in [2.05, 4.69) is 27.2 Å². The number of nitrogens with one attached hydrogen (secondary N) is 3. The van der Waals surface area contributed by atoms with E-state index in [1.54, 1.807) is 35.9 Å². The molecule has 11 heteroatoms. The average molecular weight is 513 g/mol. The number of allylic oxidation sites excluding steroid dienone is 1. The molecule has 1 heterocycles. The predicted octanol–water partition coefficient (Wildman–Crippen LogP) is 4.78. The fraction of sp³-hybridized carbons (Fsp3) is 0.200. The van der Waals surface area contributed by atoms with Gasteiger partial charge in [-0.15, -0.1) is 12.4 Å². The van der Waals surface area contributed by atoms with E-state index < -0.39 is 5.91 Å². The van der Waals surface area contributed by atoms with Crippen LogP contribution in [0.4, 0.5) is 28.8 Å². The first-order valence-electron chi connectivity index (χ1n) is 11.1. The molecule has 1 aromatic heterocycles. The van der Waals surface area contributed by atoms with E-state index in [-0.39, 0.29) is 30.7 Å². The molecule has 1 unspecified atom stereocenters. The van der Waals surface area contributed by atoms with Crippen LogP contribution in [0.25, 0.3) is 0 Å². The number of benzene rings is 2. The van der Waals surface area contributed by atoms with Crippen molar-refractivity contribution in [2.24, 2.45) is 0 Å². The zero-order valence-corrected chi connectivity index (χ0v) is 20.5. The van der Waals surface area contributed by atoms with Crippen LogP contribution < -0.4 is 26.6 Å². The number of ketones is 1. The van der Waals surface area contributed by atoms with Gasteiger partial charge in [0.25, 0.3) is 0 Å². The van der Waals surface area contributed by atoms with Crippen molar-refractivity contribution in [2.75, 3.05) is 16.4 Å². The zero-order chi connectivity index (χ0) is 25.2. The molecule has 0 aliphatic rings. The molecule has 0 saturated carbocycles. The molecule has 0 spiro atoms. The summed E-state index contributed by atoms with van der Waals surface area (Å²) in [6, 6.07) is 14.1. The van der Waals surface area contributed by atoms with Gasteiger partial charge in [-0.05, 0) is 61.4 Å². The molecular formula is C25H29ClN6O4. The number of aromatic nitrogens is 2. The van der Waals surface area contributed by atoms with Gasteiger partial charge < -0.3 is 21.1 Å². The van der Waals surface area contributed by atoms with Crippen LogP contribution in [-0.4, -0.2) is 33.0 Å². The maximum atomic E-state index is 12.0. The number of rotatable bonds is 12. The molecule has 0 fully saturated rings. The van der Waals surface area contributed by atoms with Gasteiger partial charge in [0.1, 0.15) is 11.6 Å². The number of hydrogen-bond acceptors (Lipinski definition) is 9. The summed E-state index contributed by atoms with van der Waals surface area (Å²) in [5, 5.41) is 14.9. The van der Waals surface area contributed by atoms with Gasteiger partial charge in [-0.25, -0.2) is 10.5 Å². The third-order valence-electron chi connectivity index (χ3n) is 5.16. The summed E-state index contributed by atoms with van der Waals surface area (Å²) in [5.41, 5.74) is 9.73. The third kappa shape index (κ3) is 7.69. The molecule has 0 saturated heterocycles. The van der Waals surface area contributed by atoms with Crippen molar-refractivity contribution in [2.45, 2.75) is 32.3 Å². The lowest BCUT2D eigenvalue weighted by Gasteiger charge is -2.17. The van der Waals surface area contributed by atoms with Crippen molar-refractivity contribution in [1.82, 2.24) is 15.4 Å². The molecule has 0 aliphatic carbocycles. The highest BCUT2D eigenvalue weighted by atomic mass is 35.5. The number of nitrogens with two attached hydrogens (primary N) is 1. The van der Waals surface area contributed by atoms with Crippen molar-refractivity contribution in [1.29, 1.82) is 0 Å². The first kappa shape index (κ1) is 28.1. The van der Waals surface area contributed by atoms with E-state index in [0.717, 1.165) is 12.1 Å². The summed E-state index contributed by atoms with van der Waals surface area (Å²) in [7, 11) is 0. The first-order valence-corrected chi connectivity index (χ1v) is 11.1. The number of anilines is 5. The van der Waals surface area contributed by atoms with Gasteiger partial charge in [0, 0.05) is 23.9 Å². The normalized spacial score (nSPS) is 10.9. The Hall–Kier alpha value is -4.15. The van der Waals surface area contributed by atoms with Crippen molar-refractivity contribution >= 4 is 52.9 Å². The molecule has 2 aromatic carbocycles. The van der Waals surface area contributed by atoms with E-state index in [4.69, 9.17) is 15.7 Å². The fourth-order valence-corrected chi connectivity index (χ4v) is 3.26.